The molecule has 0 amide bonds. The van der Waals surface area contributed by atoms with Crippen LogP contribution in [0.2, 0.25) is 0 Å². The first-order valence-corrected chi connectivity index (χ1v) is 9.22. The second-order valence-electron chi connectivity index (χ2n) is 6.01. The molecule has 20 heavy (non-hydrogen) atoms. The number of methoxy groups -OCH3 is 1. The van der Waals surface area contributed by atoms with Crippen molar-refractivity contribution in [1.29, 1.82) is 0 Å². The first-order chi connectivity index (χ1) is 9.41. The molecule has 0 aliphatic heterocycles. The van der Waals surface area contributed by atoms with Crippen LogP contribution in [0.1, 0.15) is 46.0 Å². The van der Waals surface area contributed by atoms with Crippen molar-refractivity contribution >= 4 is 10.0 Å². The van der Waals surface area contributed by atoms with Gasteiger partial charge in [-0.25, -0.2) is 8.42 Å². The lowest BCUT2D eigenvalue weighted by molar-refractivity contribution is 0.107. The van der Waals surface area contributed by atoms with Gasteiger partial charge in [0, 0.05) is 25.7 Å². The van der Waals surface area contributed by atoms with Crippen molar-refractivity contribution in [3.8, 4) is 0 Å². The van der Waals surface area contributed by atoms with E-state index in [1.165, 1.54) is 13.5 Å². The third kappa shape index (κ3) is 4.16. The van der Waals surface area contributed by atoms with Crippen molar-refractivity contribution in [2.24, 2.45) is 11.7 Å². The number of nitrogens with two attached hydrogens (primary N) is 1. The summed E-state index contributed by atoms with van der Waals surface area (Å²) in [6.45, 7) is 5.39. The number of hydrogen-bond acceptors (Lipinski definition) is 4. The summed E-state index contributed by atoms with van der Waals surface area (Å²) >= 11 is 0. The second kappa shape index (κ2) is 7.73. The second-order valence-corrected chi connectivity index (χ2v) is 8.02. The van der Waals surface area contributed by atoms with E-state index in [1.54, 1.807) is 4.31 Å². The van der Waals surface area contributed by atoms with E-state index in [1.807, 2.05) is 6.92 Å². The van der Waals surface area contributed by atoms with Crippen molar-refractivity contribution in [3.05, 3.63) is 0 Å². The maximum absolute atomic E-state index is 12.6. The van der Waals surface area contributed by atoms with Crippen LogP contribution in [0.15, 0.2) is 0 Å². The van der Waals surface area contributed by atoms with E-state index in [4.69, 9.17) is 10.5 Å². The van der Waals surface area contributed by atoms with Gasteiger partial charge in [0.05, 0.1) is 12.4 Å². The molecule has 1 saturated carbocycles. The van der Waals surface area contributed by atoms with Crippen molar-refractivity contribution < 1.29 is 13.2 Å². The van der Waals surface area contributed by atoms with Crippen LogP contribution in [0.4, 0.5) is 0 Å². The molecule has 0 radical (unpaired) electrons. The van der Waals surface area contributed by atoms with Crippen LogP contribution in [-0.2, 0) is 14.8 Å². The van der Waals surface area contributed by atoms with Crippen LogP contribution in [0.3, 0.4) is 0 Å². The van der Waals surface area contributed by atoms with Crippen molar-refractivity contribution in [2.75, 3.05) is 32.6 Å². The number of ether oxygens (including phenoxy) is 1. The van der Waals surface area contributed by atoms with Gasteiger partial charge in [-0.3, -0.25) is 0 Å². The maximum Gasteiger partial charge on any atom is 0.216 e. The highest BCUT2D eigenvalue weighted by atomic mass is 32.2. The monoisotopic (exact) mass is 306 g/mol. The molecule has 0 aromatic heterocycles. The van der Waals surface area contributed by atoms with Crippen molar-refractivity contribution in [2.45, 2.75) is 51.5 Å². The Morgan fingerprint density at radius 2 is 2.15 bits per heavy atom. The predicted octanol–water partition coefficient (Wildman–Crippen LogP) is 1.58. The SMILES string of the molecule is CCCN(C1(CN)CCCC(C)C1)S(=O)(=O)CCOC. The maximum atomic E-state index is 12.6. The van der Waals surface area contributed by atoms with Gasteiger partial charge in [0.1, 0.15) is 0 Å². The van der Waals surface area contributed by atoms with Crippen molar-refractivity contribution in [3.63, 3.8) is 0 Å². The van der Waals surface area contributed by atoms with Gasteiger partial charge in [0.25, 0.3) is 0 Å². The quantitative estimate of drug-likeness (QED) is 0.739. The largest absolute Gasteiger partial charge is 0.384 e. The van der Waals surface area contributed by atoms with Gasteiger partial charge < -0.3 is 10.5 Å². The minimum atomic E-state index is -3.31. The Labute approximate surface area is 123 Å². The molecule has 0 saturated heterocycles. The van der Waals surface area contributed by atoms with E-state index >= 15 is 0 Å². The van der Waals surface area contributed by atoms with E-state index in [9.17, 15) is 8.42 Å². The number of rotatable bonds is 8. The fourth-order valence-electron chi connectivity index (χ4n) is 3.32. The summed E-state index contributed by atoms with van der Waals surface area (Å²) < 4.78 is 31.9. The molecular formula is C14H30N2O3S. The lowest BCUT2D eigenvalue weighted by Crippen LogP contribution is -2.59. The molecule has 120 valence electrons. The summed E-state index contributed by atoms with van der Waals surface area (Å²) in [6, 6.07) is 0. The fraction of sp³-hybridized carbons (Fsp3) is 1.00. The summed E-state index contributed by atoms with van der Waals surface area (Å²) in [5.41, 5.74) is 5.63. The Kier molecular flexibility index (Phi) is 6.91. The summed E-state index contributed by atoms with van der Waals surface area (Å²) in [7, 11) is -1.78. The van der Waals surface area contributed by atoms with Crippen LogP contribution in [-0.4, -0.2) is 50.8 Å². The van der Waals surface area contributed by atoms with Crippen LogP contribution in [0.25, 0.3) is 0 Å². The average molecular weight is 306 g/mol. The number of nitrogens with zero attached hydrogens (tertiary/aromatic N) is 1. The van der Waals surface area contributed by atoms with Crippen LogP contribution in [0, 0.1) is 5.92 Å². The minimum Gasteiger partial charge on any atom is -0.384 e. The van der Waals surface area contributed by atoms with Gasteiger partial charge in [-0.1, -0.05) is 26.7 Å². The Morgan fingerprint density at radius 3 is 2.65 bits per heavy atom. The molecule has 1 aliphatic carbocycles. The smallest absolute Gasteiger partial charge is 0.216 e. The van der Waals surface area contributed by atoms with Crippen LogP contribution in [0.5, 0.6) is 0 Å². The molecule has 1 aliphatic rings. The third-order valence-corrected chi connectivity index (χ3v) is 6.21. The molecule has 2 atom stereocenters. The zero-order chi connectivity index (χ0) is 15.2. The lowest BCUT2D eigenvalue weighted by atomic mass is 9.76. The molecule has 5 nitrogen and oxygen atoms in total. The molecule has 0 heterocycles. The minimum absolute atomic E-state index is 0.0413. The Balaban J connectivity index is 3.02. The Morgan fingerprint density at radius 1 is 1.45 bits per heavy atom. The predicted molar refractivity (Wildman–Crippen MR) is 82.1 cm³/mol. The summed E-state index contributed by atoms with van der Waals surface area (Å²) in [5, 5.41) is 0. The molecular weight excluding hydrogens is 276 g/mol. The third-order valence-electron chi connectivity index (χ3n) is 4.28. The van der Waals surface area contributed by atoms with Gasteiger partial charge in [0.2, 0.25) is 10.0 Å². The van der Waals surface area contributed by atoms with E-state index in [0.29, 0.717) is 19.0 Å². The Hall–Kier alpha value is -0.170. The molecule has 0 spiro atoms. The van der Waals surface area contributed by atoms with E-state index in [0.717, 1.165) is 25.7 Å². The zero-order valence-electron chi connectivity index (χ0n) is 13.1. The van der Waals surface area contributed by atoms with E-state index in [2.05, 4.69) is 6.92 Å². The summed E-state index contributed by atoms with van der Waals surface area (Å²) in [5.74, 6) is 0.573. The molecule has 6 heteroatoms. The van der Waals surface area contributed by atoms with E-state index in [-0.39, 0.29) is 17.9 Å². The van der Waals surface area contributed by atoms with Gasteiger partial charge in [-0.05, 0) is 25.2 Å². The average Bonchev–Trinajstić information content (AvgIpc) is 2.42. The molecule has 2 unspecified atom stereocenters. The highest BCUT2D eigenvalue weighted by Crippen LogP contribution is 2.38. The standard InChI is InChI=1S/C14H30N2O3S/c1-4-8-16(20(17,18)10-9-19-3)14(12-15)7-5-6-13(2)11-14/h13H,4-12,15H2,1-3H3. The van der Waals surface area contributed by atoms with Gasteiger partial charge in [-0.2, -0.15) is 4.31 Å². The number of sulfonamides is 1. The molecule has 1 rings (SSSR count). The first-order valence-electron chi connectivity index (χ1n) is 7.61. The van der Waals surface area contributed by atoms with E-state index < -0.39 is 10.0 Å². The summed E-state index contributed by atoms with van der Waals surface area (Å²) in [6.07, 6.45) is 4.77. The molecule has 0 aromatic carbocycles. The van der Waals surface area contributed by atoms with Crippen LogP contribution < -0.4 is 5.73 Å². The molecule has 0 aromatic rings. The first kappa shape index (κ1) is 17.9. The van der Waals surface area contributed by atoms with Crippen molar-refractivity contribution in [1.82, 2.24) is 4.31 Å². The summed E-state index contributed by atoms with van der Waals surface area (Å²) in [4.78, 5) is 0. The molecule has 0 bridgehead atoms. The zero-order valence-corrected chi connectivity index (χ0v) is 13.9. The topological polar surface area (TPSA) is 72.6 Å². The molecule has 1 fully saturated rings. The normalized spacial score (nSPS) is 27.9. The lowest BCUT2D eigenvalue weighted by Gasteiger charge is -2.46. The Bertz CT molecular complexity index is 386. The van der Waals surface area contributed by atoms with Gasteiger partial charge >= 0.3 is 0 Å². The van der Waals surface area contributed by atoms with Gasteiger partial charge in [0.15, 0.2) is 0 Å². The molecule has 2 N–H and O–H groups in total. The number of hydrogen-bond donors (Lipinski definition) is 1. The van der Waals surface area contributed by atoms with Gasteiger partial charge in [-0.15, -0.1) is 0 Å². The van der Waals surface area contributed by atoms with Crippen LogP contribution >= 0.6 is 0 Å². The highest BCUT2D eigenvalue weighted by Gasteiger charge is 2.44. The highest BCUT2D eigenvalue weighted by molar-refractivity contribution is 7.89. The fourth-order valence-corrected chi connectivity index (χ4v) is 5.21.